The van der Waals surface area contributed by atoms with Gasteiger partial charge in [0.15, 0.2) is 6.61 Å². The maximum Gasteiger partial charge on any atom is 0.338 e. The molecule has 0 radical (unpaired) electrons. The van der Waals surface area contributed by atoms with Gasteiger partial charge in [0.2, 0.25) is 11.8 Å². The predicted molar refractivity (Wildman–Crippen MR) is 168 cm³/mol. The average molecular weight is 646 g/mol. The maximum atomic E-state index is 14.0. The number of nitrogens with zero attached hydrogens (tertiary/aromatic N) is 1. The van der Waals surface area contributed by atoms with Gasteiger partial charge in [0.1, 0.15) is 16.7 Å². The monoisotopic (exact) mass is 645 g/mol. The van der Waals surface area contributed by atoms with Gasteiger partial charge in [-0.1, -0.05) is 35.2 Å². The Labute approximate surface area is 265 Å². The van der Waals surface area contributed by atoms with Crippen LogP contribution < -0.4 is 24.6 Å². The molecule has 2 unspecified atom stereocenters. The van der Waals surface area contributed by atoms with Crippen LogP contribution in [-0.4, -0.2) is 54.2 Å². The highest BCUT2D eigenvalue weighted by atomic mass is 32.2. The molecule has 13 heteroatoms. The normalized spacial score (nSPS) is 18.6. The molecule has 1 fully saturated rings. The summed E-state index contributed by atoms with van der Waals surface area (Å²) in [6.07, 6.45) is 0. The first kappa shape index (κ1) is 30.2. The van der Waals surface area contributed by atoms with E-state index in [1.807, 2.05) is 6.07 Å². The minimum absolute atomic E-state index is 0.223. The van der Waals surface area contributed by atoms with Crippen LogP contribution in [0, 0.1) is 5.92 Å². The van der Waals surface area contributed by atoms with Crippen molar-refractivity contribution in [3.05, 3.63) is 98.5 Å². The SMILES string of the molecule is CCOC(=O)c1ccc(N2C(=O)C3Sc4[nH]c(=O)sc4[C@H](c4cccc(OCC(=O)Nc5ccc(OC)cc5)c4)C3C2=O)cc1. The molecular weight excluding hydrogens is 618 g/mol. The second kappa shape index (κ2) is 12.6. The number of imide groups is 1. The van der Waals surface area contributed by atoms with Crippen molar-refractivity contribution in [1.29, 1.82) is 0 Å². The number of aromatic amines is 1. The molecule has 0 saturated carbocycles. The van der Waals surface area contributed by atoms with Gasteiger partial charge in [-0.05, 0) is 73.2 Å². The van der Waals surface area contributed by atoms with E-state index in [0.717, 1.165) is 16.2 Å². The molecule has 1 saturated heterocycles. The molecule has 3 heterocycles. The zero-order chi connectivity index (χ0) is 31.7. The fourth-order valence-corrected chi connectivity index (χ4v) is 7.92. The zero-order valence-corrected chi connectivity index (χ0v) is 25.7. The molecule has 2 aliphatic heterocycles. The van der Waals surface area contributed by atoms with E-state index >= 15 is 0 Å². The second-order valence-electron chi connectivity index (χ2n) is 10.2. The minimum Gasteiger partial charge on any atom is -0.497 e. The first-order valence-electron chi connectivity index (χ1n) is 14.0. The fourth-order valence-electron chi connectivity index (χ4n) is 5.41. The molecule has 3 amide bonds. The van der Waals surface area contributed by atoms with Gasteiger partial charge in [-0.2, -0.15) is 0 Å². The van der Waals surface area contributed by atoms with Crippen LogP contribution >= 0.6 is 23.1 Å². The molecule has 0 bridgehead atoms. The lowest BCUT2D eigenvalue weighted by Gasteiger charge is -2.30. The number of fused-ring (bicyclic) bond motifs is 2. The Kier molecular flexibility index (Phi) is 8.46. The third-order valence-corrected chi connectivity index (χ3v) is 9.82. The molecule has 11 nitrogen and oxygen atoms in total. The lowest BCUT2D eigenvalue weighted by molar-refractivity contribution is -0.122. The molecular formula is C32H27N3O8S2. The summed E-state index contributed by atoms with van der Waals surface area (Å²) in [5, 5.41) is 2.52. The quantitative estimate of drug-likeness (QED) is 0.200. The van der Waals surface area contributed by atoms with E-state index in [9.17, 15) is 24.0 Å². The molecule has 0 spiro atoms. The summed E-state index contributed by atoms with van der Waals surface area (Å²) in [4.78, 5) is 69.2. The Morgan fingerprint density at radius 3 is 2.42 bits per heavy atom. The van der Waals surface area contributed by atoms with Gasteiger partial charge in [0.25, 0.3) is 5.91 Å². The number of anilines is 2. The largest absolute Gasteiger partial charge is 0.497 e. The van der Waals surface area contributed by atoms with Crippen molar-refractivity contribution < 1.29 is 33.4 Å². The Morgan fingerprint density at radius 2 is 1.71 bits per heavy atom. The van der Waals surface area contributed by atoms with Gasteiger partial charge in [0, 0.05) is 16.5 Å². The van der Waals surface area contributed by atoms with Crippen LogP contribution in [0.15, 0.2) is 82.6 Å². The van der Waals surface area contributed by atoms with Crippen LogP contribution in [0.1, 0.15) is 33.6 Å². The van der Waals surface area contributed by atoms with Crippen LogP contribution in [0.2, 0.25) is 0 Å². The lowest BCUT2D eigenvalue weighted by atomic mass is 9.83. The molecule has 2 N–H and O–H groups in total. The number of benzene rings is 3. The Hall–Kier alpha value is -4.88. The summed E-state index contributed by atoms with van der Waals surface area (Å²) in [6.45, 7) is 1.66. The number of ether oxygens (including phenoxy) is 3. The van der Waals surface area contributed by atoms with Gasteiger partial charge >= 0.3 is 10.8 Å². The Morgan fingerprint density at radius 1 is 0.956 bits per heavy atom. The van der Waals surface area contributed by atoms with Crippen LogP contribution in [0.3, 0.4) is 0 Å². The predicted octanol–water partition coefficient (Wildman–Crippen LogP) is 4.44. The van der Waals surface area contributed by atoms with E-state index in [4.69, 9.17) is 14.2 Å². The summed E-state index contributed by atoms with van der Waals surface area (Å²) in [6, 6.07) is 20.0. The van der Waals surface area contributed by atoms with Gasteiger partial charge in [-0.25, -0.2) is 9.69 Å². The molecule has 4 aromatic rings. The standard InChI is InChI=1S/C32H27N3O8S2/c1-3-42-31(39)17-7-11-20(12-8-17)35-29(37)25-24(26-28(34-32(40)45-26)44-27(25)30(35)38)18-5-4-6-22(15-18)43-16-23(36)33-19-9-13-21(41-2)14-10-19/h4-15,24-25,27H,3,16H2,1-2H3,(H,33,36)(H,34,40)/t24-,25?,27?/m1/s1. The second-order valence-corrected chi connectivity index (χ2v) is 12.3. The van der Waals surface area contributed by atoms with Crippen molar-refractivity contribution in [2.45, 2.75) is 23.1 Å². The number of H-pyrrole nitrogens is 1. The minimum atomic E-state index is -0.806. The molecule has 45 heavy (non-hydrogen) atoms. The Bertz CT molecular complexity index is 1830. The first-order valence-corrected chi connectivity index (χ1v) is 15.7. The third-order valence-electron chi connectivity index (χ3n) is 7.42. The summed E-state index contributed by atoms with van der Waals surface area (Å²) in [7, 11) is 1.56. The van der Waals surface area contributed by atoms with E-state index in [0.29, 0.717) is 43.9 Å². The van der Waals surface area contributed by atoms with Gasteiger partial charge in [-0.15, -0.1) is 0 Å². The van der Waals surface area contributed by atoms with Crippen LogP contribution in [-0.2, 0) is 19.1 Å². The summed E-state index contributed by atoms with van der Waals surface area (Å²) < 4.78 is 16.0. The number of thiazole rings is 1. The number of nitrogens with one attached hydrogen (secondary N) is 2. The number of carbonyl (C=O) groups excluding carboxylic acids is 4. The Balaban J connectivity index is 1.25. The van der Waals surface area contributed by atoms with E-state index in [1.165, 1.54) is 23.9 Å². The van der Waals surface area contributed by atoms with Gasteiger partial charge < -0.3 is 24.5 Å². The topological polar surface area (TPSA) is 144 Å². The number of esters is 1. The molecule has 230 valence electrons. The molecule has 3 aromatic carbocycles. The summed E-state index contributed by atoms with van der Waals surface area (Å²) >= 11 is 2.17. The third kappa shape index (κ3) is 5.96. The van der Waals surface area contributed by atoms with E-state index in [1.54, 1.807) is 68.6 Å². The lowest BCUT2D eigenvalue weighted by Crippen LogP contribution is -2.32. The van der Waals surface area contributed by atoms with Crippen molar-refractivity contribution in [3.8, 4) is 11.5 Å². The van der Waals surface area contributed by atoms with Crippen molar-refractivity contribution in [1.82, 2.24) is 4.98 Å². The van der Waals surface area contributed by atoms with Gasteiger partial charge in [0.05, 0.1) is 35.9 Å². The van der Waals surface area contributed by atoms with Crippen LogP contribution in [0.4, 0.5) is 11.4 Å². The number of rotatable bonds is 9. The number of thioether (sulfide) groups is 1. The molecule has 3 atom stereocenters. The summed E-state index contributed by atoms with van der Waals surface area (Å²) in [5.74, 6) is -2.07. The number of hydrogen-bond donors (Lipinski definition) is 2. The fraction of sp³-hybridized carbons (Fsp3) is 0.219. The number of aromatic nitrogens is 1. The smallest absolute Gasteiger partial charge is 0.338 e. The van der Waals surface area contributed by atoms with E-state index < -0.39 is 34.9 Å². The number of methoxy groups -OCH3 is 1. The van der Waals surface area contributed by atoms with Crippen molar-refractivity contribution in [3.63, 3.8) is 0 Å². The highest BCUT2D eigenvalue weighted by molar-refractivity contribution is 8.00. The highest BCUT2D eigenvalue weighted by Crippen LogP contribution is 2.53. The maximum absolute atomic E-state index is 14.0. The number of carbonyl (C=O) groups is 4. The van der Waals surface area contributed by atoms with Crippen molar-refractivity contribution in [2.75, 3.05) is 30.5 Å². The van der Waals surface area contributed by atoms with E-state index in [2.05, 4.69) is 10.3 Å². The highest BCUT2D eigenvalue weighted by Gasteiger charge is 2.56. The number of hydrogen-bond acceptors (Lipinski definition) is 10. The zero-order valence-electron chi connectivity index (χ0n) is 24.1. The van der Waals surface area contributed by atoms with Crippen molar-refractivity contribution >= 4 is 58.2 Å². The average Bonchev–Trinajstić information content (AvgIpc) is 3.54. The van der Waals surface area contributed by atoms with E-state index in [-0.39, 0.29) is 24.0 Å². The molecule has 6 rings (SSSR count). The molecule has 0 aliphatic carbocycles. The number of amides is 3. The van der Waals surface area contributed by atoms with Crippen molar-refractivity contribution in [2.24, 2.45) is 5.92 Å². The van der Waals surface area contributed by atoms with Crippen LogP contribution in [0.5, 0.6) is 11.5 Å². The summed E-state index contributed by atoms with van der Waals surface area (Å²) in [5.41, 5.74) is 1.89. The first-order chi connectivity index (χ1) is 21.8. The van der Waals surface area contributed by atoms with Crippen LogP contribution in [0.25, 0.3) is 0 Å². The molecule has 2 aliphatic rings. The molecule has 1 aromatic heterocycles. The van der Waals surface area contributed by atoms with Gasteiger partial charge in [-0.3, -0.25) is 19.2 Å².